The lowest BCUT2D eigenvalue weighted by Crippen LogP contribution is -2.26. The zero-order valence-electron chi connectivity index (χ0n) is 60.4. The Morgan fingerprint density at radius 2 is 0.774 bits per heavy atom. The first-order valence-corrected chi connectivity index (χ1v) is 47.5. The number of pyridine rings is 5. The van der Waals surface area contributed by atoms with E-state index >= 15 is 0 Å². The maximum absolute atomic E-state index is 14.4. The van der Waals surface area contributed by atoms with Crippen molar-refractivity contribution in [3.63, 3.8) is 0 Å². The number of hydrogen-bond donors (Lipinski definition) is 11. The number of nitrogens with one attached hydrogen (secondary N) is 5. The number of nitrogens with two attached hydrogens (primary N) is 5. The number of alkyl halides is 1. The molecule has 22 nitrogen and oxygen atoms in total. The van der Waals surface area contributed by atoms with Gasteiger partial charge in [-0.15, -0.1) is 102 Å². The van der Waals surface area contributed by atoms with Gasteiger partial charge in [0.2, 0.25) is 0 Å². The molecule has 0 amide bonds. The number of thiophene rings is 7. The highest BCUT2D eigenvalue weighted by Crippen LogP contribution is 2.48. The molecule has 15 heterocycles. The minimum atomic E-state index is -1.24. The van der Waals surface area contributed by atoms with Crippen LogP contribution in [0.5, 0.6) is 0 Å². The molecule has 0 spiro atoms. The minimum absolute atomic E-state index is 0.111. The molecule has 16 N–H and O–H groups in total. The molecular formula is C73H66Br5Cl5FN17O5S9. The van der Waals surface area contributed by atoms with Crippen LogP contribution < -0.4 is 55.3 Å². The Kier molecular flexibility index (Phi) is 32.8. The van der Waals surface area contributed by atoms with Crippen LogP contribution in [0, 0.1) is 0 Å². The van der Waals surface area contributed by atoms with Crippen molar-refractivity contribution >= 4 is 337 Å². The van der Waals surface area contributed by atoms with Crippen molar-refractivity contribution in [1.82, 2.24) is 34.9 Å². The Morgan fingerprint density at radius 1 is 0.443 bits per heavy atom. The van der Waals surface area contributed by atoms with Gasteiger partial charge in [0.05, 0.1) is 170 Å². The van der Waals surface area contributed by atoms with Crippen molar-refractivity contribution in [1.29, 1.82) is 0 Å². The van der Waals surface area contributed by atoms with Crippen molar-refractivity contribution < 1.29 is 28.3 Å². The second kappa shape index (κ2) is 41.5. The van der Waals surface area contributed by atoms with E-state index in [1.807, 2.05) is 45.8 Å². The predicted octanol–water partition coefficient (Wildman–Crippen LogP) is 23.6. The van der Waals surface area contributed by atoms with Gasteiger partial charge in [-0.1, -0.05) is 70.1 Å². The maximum atomic E-state index is 14.4. The van der Waals surface area contributed by atoms with Gasteiger partial charge in [0.25, 0.3) is 0 Å². The number of aliphatic hydroxyl groups excluding tert-OH is 1. The number of carbonyl (C=O) groups excluding carboxylic acids is 3. The van der Waals surface area contributed by atoms with Crippen molar-refractivity contribution in [2.75, 3.05) is 26.6 Å². The number of carbonyl (C=O) groups is 3. The third-order valence-corrected chi connectivity index (χ3v) is 31.9. The average Bonchev–Trinajstić information content (AvgIpc) is 1.66. The van der Waals surface area contributed by atoms with Gasteiger partial charge in [0, 0.05) is 88.4 Å². The number of ketones is 3. The largest absolute Gasteiger partial charge is 0.467 e. The molecule has 0 saturated carbocycles. The number of hydrogen-bond acceptors (Lipinski definition) is 31. The molecule has 0 aliphatic heterocycles. The number of thiazole rings is 2. The van der Waals surface area contributed by atoms with E-state index in [-0.39, 0.29) is 23.4 Å². The Labute approximate surface area is 761 Å². The van der Waals surface area contributed by atoms with Crippen LogP contribution in [0.4, 0.5) is 32.8 Å². The summed E-state index contributed by atoms with van der Waals surface area (Å²) in [5, 5.41) is 38.7. The monoisotopic (exact) mass is 2140 g/mol. The summed E-state index contributed by atoms with van der Waals surface area (Å²) in [6.45, 7) is 11.5. The van der Waals surface area contributed by atoms with E-state index in [0.29, 0.717) is 118 Å². The Bertz CT molecular complexity index is 5400. The van der Waals surface area contributed by atoms with Crippen molar-refractivity contribution in [2.24, 2.45) is 28.7 Å². The van der Waals surface area contributed by atoms with Crippen LogP contribution in [0.3, 0.4) is 0 Å². The van der Waals surface area contributed by atoms with Crippen LogP contribution in [0.2, 0.25) is 25.8 Å². The summed E-state index contributed by atoms with van der Waals surface area (Å²) in [5.41, 5.74) is 36.2. The number of aromatic nitrogens is 7. The highest BCUT2D eigenvalue weighted by atomic mass is 79.9. The van der Waals surface area contributed by atoms with Gasteiger partial charge in [-0.25, -0.2) is 39.3 Å². The zero-order chi connectivity index (χ0) is 82.8. The molecule has 15 aromatic rings. The summed E-state index contributed by atoms with van der Waals surface area (Å²) >= 11 is 61.3. The van der Waals surface area contributed by atoms with Gasteiger partial charge in [0.15, 0.2) is 23.5 Å². The highest BCUT2D eigenvalue weighted by Gasteiger charge is 2.29. The van der Waals surface area contributed by atoms with Crippen LogP contribution in [-0.4, -0.2) is 87.6 Å². The number of fused-ring (bicyclic) bond motifs is 5. The molecule has 0 saturated heterocycles. The molecule has 0 aromatic carbocycles. The molecule has 42 heteroatoms. The highest BCUT2D eigenvalue weighted by molar-refractivity contribution is 9.11. The van der Waals surface area contributed by atoms with Crippen LogP contribution in [0.15, 0.2) is 134 Å². The first kappa shape index (κ1) is 90.8. The summed E-state index contributed by atoms with van der Waals surface area (Å²) < 4.78 is 27.4. The lowest BCUT2D eigenvalue weighted by Gasteiger charge is -2.12. The fourth-order valence-electron chi connectivity index (χ4n) is 10.5. The van der Waals surface area contributed by atoms with E-state index in [4.69, 9.17) is 91.1 Å². The zero-order valence-corrected chi connectivity index (χ0v) is 79.5. The van der Waals surface area contributed by atoms with Gasteiger partial charge < -0.3 is 64.8 Å². The van der Waals surface area contributed by atoms with Crippen molar-refractivity contribution in [2.45, 2.75) is 110 Å². The number of halogens is 11. The number of anilines is 5. The minimum Gasteiger partial charge on any atom is -0.467 e. The van der Waals surface area contributed by atoms with E-state index in [1.54, 1.807) is 129 Å². The van der Waals surface area contributed by atoms with Crippen molar-refractivity contribution in [3.05, 3.63) is 205 Å². The third kappa shape index (κ3) is 22.6. The first-order chi connectivity index (χ1) is 54.8. The summed E-state index contributed by atoms with van der Waals surface area (Å²) in [5.74, 6) is 0.434. The predicted molar refractivity (Wildman–Crippen MR) is 500 cm³/mol. The maximum Gasteiger partial charge on any atom is 0.190 e. The molecule has 115 heavy (non-hydrogen) atoms. The van der Waals surface area contributed by atoms with E-state index in [0.717, 1.165) is 82.6 Å². The molecular weight excluding hydrogens is 2080 g/mol. The van der Waals surface area contributed by atoms with Gasteiger partial charge >= 0.3 is 0 Å². The molecule has 15 rings (SSSR count). The summed E-state index contributed by atoms with van der Waals surface area (Å²) in [6.07, 6.45) is 3.16. The standard InChI is InChI=1S/C15H14BrClFN3S2.C15H13BrClN3O2S.C15H13BrClN3OS2.C14H14BrClN4OS2.C14H12BrClN4OS2/c1-7(19)12(18)15-11(16)13-14(23-15)9(5-10(17)21-13)20-6-8-3-2-4-22-8;2*1-7(18)13(21)15-11(16)12-14(23-15)9(5-10(17)20-12)19-6-8-3-2-4-22-8;2*1-6(17)12(21)14-10(15)11-13(23-14)7(4-8(16)20-11)19-5-9-18-2-3-22-9/h2-5,7,12H,6,19H2,1H3,(H,20,21);2*2-5,7H,6,18H2,1H3,(H,19,20);2-4,6,12,21H,5,17H2,1H3,(H,19,20);2-4,6H,5,17H2,1H3,(H,19,20)/t7-,12?;2*7-;6-,12?;6-/m00000/s1. The van der Waals surface area contributed by atoms with Gasteiger partial charge in [-0.05, 0) is 149 Å². The second-order valence-corrected chi connectivity index (χ2v) is 40.1. The summed E-state index contributed by atoms with van der Waals surface area (Å²) in [6, 6.07) is 18.0. The van der Waals surface area contributed by atoms with Crippen LogP contribution >= 0.6 is 240 Å². The van der Waals surface area contributed by atoms with Crippen LogP contribution in [0.1, 0.15) is 111 Å². The first-order valence-electron chi connectivity index (χ1n) is 34.0. The molecule has 15 aromatic heterocycles. The number of aliphatic hydroxyl groups is 1. The van der Waals surface area contributed by atoms with Gasteiger partial charge in [-0.2, -0.15) is 0 Å². The summed E-state index contributed by atoms with van der Waals surface area (Å²) in [4.78, 5) is 72.3. The normalized spacial score (nSPS) is 13.2. The number of nitrogens with zero attached hydrogens (tertiary/aromatic N) is 7. The molecule has 0 aliphatic carbocycles. The Morgan fingerprint density at radius 3 is 1.08 bits per heavy atom. The number of rotatable bonds is 25. The average molecular weight is 2150 g/mol. The molecule has 0 aliphatic rings. The lowest BCUT2D eigenvalue weighted by atomic mass is 10.1. The van der Waals surface area contributed by atoms with E-state index < -0.39 is 36.4 Å². The van der Waals surface area contributed by atoms with E-state index in [9.17, 15) is 23.9 Å². The van der Waals surface area contributed by atoms with Gasteiger partial charge in [0.1, 0.15) is 47.6 Å². The van der Waals surface area contributed by atoms with E-state index in [2.05, 4.69) is 153 Å². The van der Waals surface area contributed by atoms with Crippen LogP contribution in [0.25, 0.3) is 51.1 Å². The van der Waals surface area contributed by atoms with Crippen LogP contribution in [-0.2, 0) is 32.7 Å². The van der Waals surface area contributed by atoms with Crippen molar-refractivity contribution in [3.8, 4) is 0 Å². The lowest BCUT2D eigenvalue weighted by molar-refractivity contribution is 0.0964. The molecule has 0 bridgehead atoms. The molecule has 2 unspecified atom stereocenters. The SMILES string of the molecule is C[C@H](N)C(=O)c1sc2c(NCc3ccco3)cc(Cl)nc2c1Br.C[C@H](N)C(=O)c1sc2c(NCc3cccs3)cc(Cl)nc2c1Br.C[C@H](N)C(=O)c1sc2c(NCc3nccs3)cc(Cl)nc2c1Br.C[C@H](N)C(F)c1sc2c(NCc3cccs3)cc(Cl)nc2c1Br.C[C@H](N)C(O)c1sc2c(NCc3nccs3)cc(Cl)nc2c1Br. The smallest absolute Gasteiger partial charge is 0.190 e. The quantitative estimate of drug-likeness (QED) is 0.0187. The van der Waals surface area contributed by atoms with E-state index in [1.165, 1.54) is 66.4 Å². The van der Waals surface area contributed by atoms with Gasteiger partial charge in [-0.3, -0.25) is 14.4 Å². The molecule has 0 radical (unpaired) electrons. The number of furan rings is 1. The molecule has 0 fully saturated rings. The third-order valence-electron chi connectivity index (χ3n) is 16.1. The molecule has 7 atom stereocenters. The fraction of sp³-hybridized carbons (Fsp3) is 0.233. The second-order valence-electron chi connectivity index (χ2n) is 25.0. The molecule has 604 valence electrons. The fourth-order valence-corrected chi connectivity index (χ4v) is 24.1. The number of Topliss-reactive ketones (excluding diaryl/α,β-unsaturated/α-hetero) is 3. The Balaban J connectivity index is 0.000000142. The summed E-state index contributed by atoms with van der Waals surface area (Å²) in [7, 11) is 0. The topological polar surface area (TPSA) is 365 Å². The Hall–Kier alpha value is -4.96.